The van der Waals surface area contributed by atoms with Crippen LogP contribution in [0.3, 0.4) is 0 Å². The Balaban J connectivity index is 1.70. The average molecular weight is 314 g/mol. The third-order valence-electron chi connectivity index (χ3n) is 3.24. The Labute approximate surface area is 131 Å². The van der Waals surface area contributed by atoms with E-state index in [1.807, 2.05) is 36.6 Å². The van der Waals surface area contributed by atoms with Crippen molar-refractivity contribution in [2.24, 2.45) is 5.10 Å². The van der Waals surface area contributed by atoms with Gasteiger partial charge in [-0.25, -0.2) is 10.4 Å². The minimum absolute atomic E-state index is 0.174. The van der Waals surface area contributed by atoms with Gasteiger partial charge in [0.25, 0.3) is 5.91 Å². The molecule has 2 amide bonds. The van der Waals surface area contributed by atoms with Gasteiger partial charge in [-0.1, -0.05) is 29.8 Å². The van der Waals surface area contributed by atoms with Gasteiger partial charge in [-0.3, -0.25) is 14.9 Å². The first-order chi connectivity index (χ1) is 10.6. The Morgan fingerprint density at radius 3 is 2.73 bits per heavy atom. The van der Waals surface area contributed by atoms with Gasteiger partial charge in [0.15, 0.2) is 5.13 Å². The number of nitrogens with one attached hydrogen (secondary N) is 2. The van der Waals surface area contributed by atoms with E-state index in [-0.39, 0.29) is 18.2 Å². The van der Waals surface area contributed by atoms with E-state index in [1.54, 1.807) is 0 Å². The highest BCUT2D eigenvalue weighted by atomic mass is 32.1. The topological polar surface area (TPSA) is 83.5 Å². The third kappa shape index (κ3) is 3.20. The highest BCUT2D eigenvalue weighted by Gasteiger charge is 2.19. The molecule has 2 N–H and O–H groups in total. The summed E-state index contributed by atoms with van der Waals surface area (Å²) in [6, 6.07) is 8.03. The zero-order chi connectivity index (χ0) is 15.5. The Bertz CT molecular complexity index is 749. The Hall–Kier alpha value is -2.54. The summed E-state index contributed by atoms with van der Waals surface area (Å²) in [6.07, 6.45) is 0.618. The molecular formula is C15H14N4O2S. The molecule has 0 atom stereocenters. The summed E-state index contributed by atoms with van der Waals surface area (Å²) >= 11 is 1.36. The van der Waals surface area contributed by atoms with Gasteiger partial charge in [-0.15, -0.1) is 11.3 Å². The van der Waals surface area contributed by atoms with Crippen LogP contribution in [0.1, 0.15) is 18.4 Å². The van der Waals surface area contributed by atoms with E-state index in [2.05, 4.69) is 20.8 Å². The number of carbonyl (C=O) groups excluding carboxylic acids is 2. The molecule has 1 aliphatic rings. The lowest BCUT2D eigenvalue weighted by molar-refractivity contribution is -0.121. The molecule has 7 heteroatoms. The van der Waals surface area contributed by atoms with Gasteiger partial charge in [0.1, 0.15) is 5.71 Å². The summed E-state index contributed by atoms with van der Waals surface area (Å²) in [6.45, 7) is 2.03. The number of aryl methyl sites for hydroxylation is 1. The van der Waals surface area contributed by atoms with Crippen LogP contribution in [0.15, 0.2) is 34.7 Å². The first kappa shape index (κ1) is 14.4. The lowest BCUT2D eigenvalue weighted by Gasteiger charge is -2.10. The lowest BCUT2D eigenvalue weighted by Crippen LogP contribution is -2.32. The minimum Gasteiger partial charge on any atom is -0.297 e. The van der Waals surface area contributed by atoms with Crippen LogP contribution in [0.5, 0.6) is 0 Å². The molecule has 0 unspecified atom stereocenters. The molecule has 0 fully saturated rings. The highest BCUT2D eigenvalue weighted by Crippen LogP contribution is 2.25. The minimum atomic E-state index is -0.329. The molecule has 3 rings (SSSR count). The van der Waals surface area contributed by atoms with Crippen LogP contribution >= 0.6 is 11.3 Å². The number of thiazole rings is 1. The number of anilines is 1. The van der Waals surface area contributed by atoms with Crippen LogP contribution < -0.4 is 10.7 Å². The van der Waals surface area contributed by atoms with Crippen molar-refractivity contribution in [2.45, 2.75) is 19.8 Å². The molecule has 22 heavy (non-hydrogen) atoms. The van der Waals surface area contributed by atoms with Crippen molar-refractivity contribution < 1.29 is 9.59 Å². The summed E-state index contributed by atoms with van der Waals surface area (Å²) in [5.41, 5.74) is 5.63. The van der Waals surface area contributed by atoms with Gasteiger partial charge >= 0.3 is 0 Å². The van der Waals surface area contributed by atoms with Gasteiger partial charge in [0, 0.05) is 23.8 Å². The molecule has 0 bridgehead atoms. The van der Waals surface area contributed by atoms with Crippen molar-refractivity contribution >= 4 is 34.0 Å². The van der Waals surface area contributed by atoms with Crippen LogP contribution in [-0.4, -0.2) is 22.5 Å². The van der Waals surface area contributed by atoms with Crippen molar-refractivity contribution in [3.8, 4) is 11.3 Å². The quantitative estimate of drug-likeness (QED) is 0.912. The van der Waals surface area contributed by atoms with Crippen LogP contribution in [0.2, 0.25) is 0 Å². The molecule has 2 heterocycles. The first-order valence-electron chi connectivity index (χ1n) is 6.81. The monoisotopic (exact) mass is 314 g/mol. The van der Waals surface area contributed by atoms with Crippen molar-refractivity contribution in [3.05, 3.63) is 35.2 Å². The predicted octanol–water partition coefficient (Wildman–Crippen LogP) is 2.32. The zero-order valence-corrected chi connectivity index (χ0v) is 12.7. The Kier molecular flexibility index (Phi) is 3.97. The second-order valence-electron chi connectivity index (χ2n) is 4.95. The molecular weight excluding hydrogens is 300 g/mol. The maximum absolute atomic E-state index is 12.0. The average Bonchev–Trinajstić information content (AvgIpc) is 2.97. The second kappa shape index (κ2) is 6.07. The van der Waals surface area contributed by atoms with E-state index in [0.717, 1.165) is 11.3 Å². The molecule has 1 aromatic heterocycles. The standard InChI is InChI=1S/C15H14N4O2S/c1-9-2-4-10(5-3-9)12-8-22-15(16-12)17-14(21)11-6-7-13(20)19-18-11/h2-5,8H,6-7H2,1H3,(H,19,20)(H,16,17,21). The number of rotatable bonds is 3. The largest absolute Gasteiger partial charge is 0.297 e. The summed E-state index contributed by atoms with van der Waals surface area (Å²) in [4.78, 5) is 27.5. The van der Waals surface area contributed by atoms with Crippen LogP contribution in [0.25, 0.3) is 11.3 Å². The van der Waals surface area contributed by atoms with Gasteiger partial charge in [-0.05, 0) is 6.92 Å². The second-order valence-corrected chi connectivity index (χ2v) is 5.81. The van der Waals surface area contributed by atoms with Crippen LogP contribution in [0, 0.1) is 6.92 Å². The number of nitrogens with zero attached hydrogens (tertiary/aromatic N) is 2. The summed E-state index contributed by atoms with van der Waals surface area (Å²) in [7, 11) is 0. The summed E-state index contributed by atoms with van der Waals surface area (Å²) in [5.74, 6) is -0.503. The van der Waals surface area contributed by atoms with E-state index in [1.165, 1.54) is 16.9 Å². The van der Waals surface area contributed by atoms with Crippen molar-refractivity contribution in [3.63, 3.8) is 0 Å². The normalized spacial score (nSPS) is 14.2. The Morgan fingerprint density at radius 1 is 1.27 bits per heavy atom. The van der Waals surface area contributed by atoms with Gasteiger partial charge < -0.3 is 0 Å². The molecule has 2 aromatic rings. The molecule has 112 valence electrons. The molecule has 0 saturated heterocycles. The van der Waals surface area contributed by atoms with Crippen LogP contribution in [-0.2, 0) is 9.59 Å². The molecule has 0 spiro atoms. The van der Waals surface area contributed by atoms with E-state index in [9.17, 15) is 9.59 Å². The SMILES string of the molecule is Cc1ccc(-c2csc(NC(=O)C3=NNC(=O)CC3)n2)cc1. The number of benzene rings is 1. The van der Waals surface area contributed by atoms with Gasteiger partial charge in [0.05, 0.1) is 5.69 Å². The maximum atomic E-state index is 12.0. The third-order valence-corrected chi connectivity index (χ3v) is 4.00. The number of hydrogen-bond donors (Lipinski definition) is 2. The fraction of sp³-hybridized carbons (Fsp3) is 0.200. The summed E-state index contributed by atoms with van der Waals surface area (Å²) < 4.78 is 0. The Morgan fingerprint density at radius 2 is 2.05 bits per heavy atom. The zero-order valence-electron chi connectivity index (χ0n) is 11.9. The summed E-state index contributed by atoms with van der Waals surface area (Å²) in [5, 5.41) is 8.89. The molecule has 0 radical (unpaired) electrons. The molecule has 0 saturated carbocycles. The lowest BCUT2D eigenvalue weighted by atomic mass is 10.1. The fourth-order valence-electron chi connectivity index (χ4n) is 2.00. The smallest absolute Gasteiger partial charge is 0.273 e. The van der Waals surface area contributed by atoms with E-state index >= 15 is 0 Å². The van der Waals surface area contributed by atoms with Crippen molar-refractivity contribution in [2.75, 3.05) is 5.32 Å². The van der Waals surface area contributed by atoms with E-state index in [0.29, 0.717) is 17.3 Å². The fourth-order valence-corrected chi connectivity index (χ4v) is 2.71. The first-order valence-corrected chi connectivity index (χ1v) is 7.69. The number of aromatic nitrogens is 1. The van der Waals surface area contributed by atoms with Crippen LogP contribution in [0.4, 0.5) is 5.13 Å². The molecule has 0 aliphatic carbocycles. The van der Waals surface area contributed by atoms with E-state index in [4.69, 9.17) is 0 Å². The molecule has 1 aromatic carbocycles. The van der Waals surface area contributed by atoms with Crippen molar-refractivity contribution in [1.82, 2.24) is 10.4 Å². The molecule has 6 nitrogen and oxygen atoms in total. The predicted molar refractivity (Wildman–Crippen MR) is 85.7 cm³/mol. The number of carbonyl (C=O) groups is 2. The maximum Gasteiger partial charge on any atom is 0.273 e. The van der Waals surface area contributed by atoms with Crippen molar-refractivity contribution in [1.29, 1.82) is 0 Å². The van der Waals surface area contributed by atoms with Gasteiger partial charge in [0.2, 0.25) is 5.91 Å². The molecule has 1 aliphatic heterocycles. The highest BCUT2D eigenvalue weighted by molar-refractivity contribution is 7.14. The number of hydrogen-bond acceptors (Lipinski definition) is 5. The van der Waals surface area contributed by atoms with Gasteiger partial charge in [-0.2, -0.15) is 5.10 Å². The van der Waals surface area contributed by atoms with E-state index < -0.39 is 0 Å². The number of amides is 2. The number of hydrazone groups is 1.